The van der Waals surface area contributed by atoms with Crippen molar-refractivity contribution in [2.45, 2.75) is 112 Å². The lowest BCUT2D eigenvalue weighted by Crippen LogP contribution is -2.62. The van der Waals surface area contributed by atoms with E-state index in [-0.39, 0.29) is 40.2 Å². The summed E-state index contributed by atoms with van der Waals surface area (Å²) in [5.41, 5.74) is 3.05. The van der Waals surface area contributed by atoms with Crippen LogP contribution in [0.25, 0.3) is 6.08 Å². The van der Waals surface area contributed by atoms with E-state index in [0.717, 1.165) is 36.5 Å². The zero-order chi connectivity index (χ0) is 31.8. The first-order valence-electron chi connectivity index (χ1n) is 17.3. The van der Waals surface area contributed by atoms with Crippen LogP contribution in [0.5, 0.6) is 17.2 Å². The van der Waals surface area contributed by atoms with Gasteiger partial charge in [-0.05, 0) is 147 Å². The van der Waals surface area contributed by atoms with Gasteiger partial charge < -0.3 is 19.7 Å². The van der Waals surface area contributed by atoms with E-state index in [0.29, 0.717) is 28.2 Å². The molecule has 0 aromatic heterocycles. The Kier molecular flexibility index (Phi) is 7.77. The molecular formula is C39H56O5. The summed E-state index contributed by atoms with van der Waals surface area (Å²) in [4.78, 5) is 13.1. The summed E-state index contributed by atoms with van der Waals surface area (Å²) in [5.74, 6) is 3.56. The molecule has 0 aliphatic heterocycles. The maximum atomic E-state index is 13.1. The van der Waals surface area contributed by atoms with Crippen molar-refractivity contribution < 1.29 is 24.5 Å². The second kappa shape index (κ2) is 10.8. The molecule has 5 aliphatic rings. The van der Waals surface area contributed by atoms with Gasteiger partial charge in [0.25, 0.3) is 0 Å². The van der Waals surface area contributed by atoms with Crippen molar-refractivity contribution in [2.75, 3.05) is 7.11 Å². The number of methoxy groups -OCH3 is 1. The molecule has 5 heteroatoms. The molecule has 1 aromatic rings. The molecule has 0 saturated heterocycles. The molecule has 242 valence electrons. The highest BCUT2D eigenvalue weighted by Gasteiger charge is 2.66. The number of esters is 1. The van der Waals surface area contributed by atoms with Crippen molar-refractivity contribution in [3.8, 4) is 17.2 Å². The number of carbonyl (C=O) groups is 1. The molecule has 0 radical (unpaired) electrons. The number of phenolic OH excluding ortho intramolecular Hbond substituents is 2. The van der Waals surface area contributed by atoms with E-state index in [1.165, 1.54) is 76.2 Å². The molecule has 3 unspecified atom stereocenters. The third-order valence-electron chi connectivity index (χ3n) is 14.6. The fourth-order valence-electron chi connectivity index (χ4n) is 12.4. The summed E-state index contributed by atoms with van der Waals surface area (Å²) >= 11 is 0. The molecule has 44 heavy (non-hydrogen) atoms. The quantitative estimate of drug-likeness (QED) is 0.152. The number of phenols is 2. The van der Waals surface area contributed by atoms with E-state index < -0.39 is 0 Å². The van der Waals surface area contributed by atoms with E-state index in [4.69, 9.17) is 9.47 Å². The predicted molar refractivity (Wildman–Crippen MR) is 175 cm³/mol. The van der Waals surface area contributed by atoms with Crippen LogP contribution in [0.2, 0.25) is 0 Å². The Bertz CT molecular complexity index is 1340. The van der Waals surface area contributed by atoms with E-state index in [2.05, 4.69) is 48.1 Å². The number of allylic oxidation sites excluding steroid dienone is 1. The van der Waals surface area contributed by atoms with Crippen LogP contribution in [-0.4, -0.2) is 29.4 Å². The Balaban J connectivity index is 1.18. The molecule has 10 atom stereocenters. The van der Waals surface area contributed by atoms with Crippen molar-refractivity contribution in [1.82, 2.24) is 0 Å². The lowest BCUT2D eigenvalue weighted by molar-refractivity contribution is -0.212. The lowest BCUT2D eigenvalue weighted by Gasteiger charge is -2.68. The number of carbonyl (C=O) groups excluding carboxylic acids is 1. The van der Waals surface area contributed by atoms with E-state index in [1.54, 1.807) is 12.1 Å². The van der Waals surface area contributed by atoms with Crippen molar-refractivity contribution >= 4 is 12.0 Å². The van der Waals surface area contributed by atoms with Crippen LogP contribution in [0, 0.1) is 57.2 Å². The first-order valence-corrected chi connectivity index (χ1v) is 17.3. The summed E-state index contributed by atoms with van der Waals surface area (Å²) in [6.45, 7) is 19.4. The largest absolute Gasteiger partial charge is 0.504 e. The molecule has 0 bridgehead atoms. The van der Waals surface area contributed by atoms with Gasteiger partial charge in [-0.3, -0.25) is 0 Å². The van der Waals surface area contributed by atoms with Crippen LogP contribution in [0.4, 0.5) is 0 Å². The zero-order valence-electron chi connectivity index (χ0n) is 28.2. The molecule has 0 amide bonds. The predicted octanol–water partition coefficient (Wildman–Crippen LogP) is 9.32. The van der Waals surface area contributed by atoms with Gasteiger partial charge in [-0.1, -0.05) is 46.8 Å². The van der Waals surface area contributed by atoms with E-state index >= 15 is 0 Å². The Labute approximate surface area is 265 Å². The molecule has 0 spiro atoms. The molecule has 5 fully saturated rings. The topological polar surface area (TPSA) is 76.0 Å². The van der Waals surface area contributed by atoms with Crippen LogP contribution >= 0.6 is 0 Å². The van der Waals surface area contributed by atoms with E-state index in [9.17, 15) is 15.0 Å². The SMILES string of the molecule is C=C(C)[C@@H]1CC[C@]2(C)CC[C@]3(C)C(CC[C@H]4[C@H]3CCC3C(C)(C)[C@@H](OC(=O)/C=C/c5cc(O)c(O)c(OC)c5)CC[C@@]34C)C12. The van der Waals surface area contributed by atoms with Crippen molar-refractivity contribution in [1.29, 1.82) is 0 Å². The number of hydrogen-bond acceptors (Lipinski definition) is 5. The monoisotopic (exact) mass is 604 g/mol. The Morgan fingerprint density at radius 3 is 2.27 bits per heavy atom. The van der Waals surface area contributed by atoms with Crippen LogP contribution in [-0.2, 0) is 9.53 Å². The fraction of sp³-hybridized carbons (Fsp3) is 0.718. The van der Waals surface area contributed by atoms with Gasteiger partial charge in [-0.15, -0.1) is 0 Å². The summed E-state index contributed by atoms with van der Waals surface area (Å²) in [6, 6.07) is 2.99. The van der Waals surface area contributed by atoms with Crippen LogP contribution in [0.15, 0.2) is 30.4 Å². The highest BCUT2D eigenvalue weighted by Crippen LogP contribution is 2.73. The second-order valence-electron chi connectivity index (χ2n) is 16.9. The minimum atomic E-state index is -0.367. The van der Waals surface area contributed by atoms with Crippen molar-refractivity contribution in [3.63, 3.8) is 0 Å². The summed E-state index contributed by atoms with van der Waals surface area (Å²) < 4.78 is 11.3. The maximum Gasteiger partial charge on any atom is 0.331 e. The third-order valence-corrected chi connectivity index (χ3v) is 14.6. The normalized spacial score (nSPS) is 42.5. The molecular weight excluding hydrogens is 548 g/mol. The van der Waals surface area contributed by atoms with Gasteiger partial charge in [0.05, 0.1) is 7.11 Å². The number of fused-ring (bicyclic) bond motifs is 7. The second-order valence-corrected chi connectivity index (χ2v) is 16.9. The van der Waals surface area contributed by atoms with Crippen molar-refractivity contribution in [3.05, 3.63) is 35.9 Å². The summed E-state index contributed by atoms with van der Waals surface area (Å²) in [5, 5.41) is 19.9. The number of aromatic hydroxyl groups is 2. The number of benzene rings is 1. The summed E-state index contributed by atoms with van der Waals surface area (Å²) in [6.07, 6.45) is 15.6. The van der Waals surface area contributed by atoms with Gasteiger partial charge in [0.2, 0.25) is 5.75 Å². The standard InChI is InChI=1S/C39H56O5/c1-23(2)25-15-17-37(5)19-20-38(6)26-12-13-31-36(3,4)32(16-18-39(31,7)27(26)10-11-28(38)34(25)37)44-33(41)14-9-24-21-29(40)35(42)30(22-24)43-8/h9,14,21-22,25-28,31-32,34,40,42H,1,10-13,15-20H2,2-8H3/b14-9+/t25-,26+,27-,28?,31?,32-,34?,37+,38-,39+/m0/s1. The molecule has 1 aromatic carbocycles. The molecule has 0 heterocycles. The van der Waals surface area contributed by atoms with Crippen LogP contribution in [0.1, 0.15) is 111 Å². The molecule has 5 nitrogen and oxygen atoms in total. The van der Waals surface area contributed by atoms with Gasteiger partial charge in [-0.25, -0.2) is 4.79 Å². The van der Waals surface area contributed by atoms with Gasteiger partial charge in [0.15, 0.2) is 11.5 Å². The molecule has 5 aliphatic carbocycles. The van der Waals surface area contributed by atoms with Gasteiger partial charge >= 0.3 is 5.97 Å². The van der Waals surface area contributed by atoms with Crippen LogP contribution < -0.4 is 4.74 Å². The number of ether oxygens (including phenoxy) is 2. The third kappa shape index (κ3) is 4.73. The minimum absolute atomic E-state index is 0.110. The van der Waals surface area contributed by atoms with Crippen molar-refractivity contribution in [2.24, 2.45) is 57.2 Å². The van der Waals surface area contributed by atoms with Gasteiger partial charge in [0.1, 0.15) is 6.10 Å². The molecule has 2 N–H and O–H groups in total. The number of hydrogen-bond donors (Lipinski definition) is 2. The Morgan fingerprint density at radius 2 is 1.57 bits per heavy atom. The van der Waals surface area contributed by atoms with Gasteiger partial charge in [0, 0.05) is 11.5 Å². The first kappa shape index (κ1) is 31.5. The molecule has 6 rings (SSSR count). The van der Waals surface area contributed by atoms with E-state index in [1.807, 2.05) is 0 Å². The number of rotatable bonds is 5. The summed E-state index contributed by atoms with van der Waals surface area (Å²) in [7, 11) is 1.42. The lowest BCUT2D eigenvalue weighted by atomic mass is 9.37. The highest BCUT2D eigenvalue weighted by molar-refractivity contribution is 5.87. The van der Waals surface area contributed by atoms with Crippen LogP contribution in [0.3, 0.4) is 0 Å². The maximum absolute atomic E-state index is 13.1. The average Bonchev–Trinajstić information content (AvgIpc) is 3.33. The Morgan fingerprint density at radius 1 is 0.886 bits per heavy atom. The molecule has 5 saturated carbocycles. The minimum Gasteiger partial charge on any atom is -0.504 e. The first-order chi connectivity index (χ1) is 20.7. The fourth-order valence-corrected chi connectivity index (χ4v) is 12.4. The highest BCUT2D eigenvalue weighted by atomic mass is 16.5. The smallest absolute Gasteiger partial charge is 0.331 e. The average molecular weight is 605 g/mol. The zero-order valence-corrected chi connectivity index (χ0v) is 28.2. The Hall–Kier alpha value is -2.43. The van der Waals surface area contributed by atoms with Gasteiger partial charge in [-0.2, -0.15) is 0 Å².